The Bertz CT molecular complexity index is 945. The molecule has 0 fully saturated rings. The van der Waals surface area contributed by atoms with Crippen molar-refractivity contribution < 1.29 is 9.18 Å². The van der Waals surface area contributed by atoms with E-state index in [4.69, 9.17) is 5.73 Å². The number of hydrogen-bond acceptors (Lipinski definition) is 3. The van der Waals surface area contributed by atoms with Gasteiger partial charge in [0.05, 0.1) is 6.54 Å². The number of carbonyl (C=O) groups is 1. The molecule has 2 aromatic carbocycles. The summed E-state index contributed by atoms with van der Waals surface area (Å²) in [5, 5.41) is 0. The van der Waals surface area contributed by atoms with E-state index < -0.39 is 0 Å². The molecule has 4 rings (SSSR count). The van der Waals surface area contributed by atoms with E-state index in [-0.39, 0.29) is 18.3 Å². The third-order valence-electron chi connectivity index (χ3n) is 4.44. The van der Waals surface area contributed by atoms with Gasteiger partial charge in [-0.15, -0.1) is 0 Å². The lowest BCUT2D eigenvalue weighted by Gasteiger charge is -2.28. The molecule has 0 radical (unpaired) electrons. The first-order valence-electron chi connectivity index (χ1n) is 8.01. The number of nitrogens with two attached hydrogens (primary N) is 1. The average Bonchev–Trinajstić information content (AvgIpc) is 2.92. The third kappa shape index (κ3) is 2.65. The van der Waals surface area contributed by atoms with Crippen LogP contribution < -0.4 is 10.6 Å². The van der Waals surface area contributed by atoms with Crippen LogP contribution in [0.2, 0.25) is 0 Å². The maximum Gasteiger partial charge on any atom is 0.247 e. The molecule has 0 saturated carbocycles. The summed E-state index contributed by atoms with van der Waals surface area (Å²) in [6.45, 7) is 2.50. The molecule has 0 unspecified atom stereocenters. The highest BCUT2D eigenvalue weighted by molar-refractivity contribution is 5.94. The number of nitrogen functional groups attached to an aromatic ring is 1. The number of benzene rings is 2. The molecule has 0 spiro atoms. The van der Waals surface area contributed by atoms with Crippen molar-refractivity contribution in [2.45, 2.75) is 20.0 Å². The number of hydrogen-bond donors (Lipinski definition) is 1. The van der Waals surface area contributed by atoms with Gasteiger partial charge in [0, 0.05) is 11.3 Å². The molecule has 6 heteroatoms. The molecule has 1 aliphatic rings. The standard InChI is InChI=1S/C19H17FN4O/c1-12-2-8-15(9-3-12)23-10-16-22-18(13-4-6-14(20)7-5-13)19(21)24(16)11-17(23)25/h2-9H,10-11,21H2,1H3. The van der Waals surface area contributed by atoms with E-state index in [0.717, 1.165) is 22.6 Å². The third-order valence-corrected chi connectivity index (χ3v) is 4.44. The maximum atomic E-state index is 13.1. The average molecular weight is 336 g/mol. The van der Waals surface area contributed by atoms with Crippen molar-refractivity contribution in [3.05, 3.63) is 65.7 Å². The van der Waals surface area contributed by atoms with Gasteiger partial charge in [0.15, 0.2) is 0 Å². The maximum absolute atomic E-state index is 13.1. The van der Waals surface area contributed by atoms with Gasteiger partial charge in [-0.1, -0.05) is 17.7 Å². The van der Waals surface area contributed by atoms with Crippen LogP contribution in [0.3, 0.4) is 0 Å². The zero-order valence-electron chi connectivity index (χ0n) is 13.7. The Hall–Kier alpha value is -3.15. The monoisotopic (exact) mass is 336 g/mol. The van der Waals surface area contributed by atoms with Gasteiger partial charge in [-0.05, 0) is 43.3 Å². The van der Waals surface area contributed by atoms with Crippen LogP contribution in [0, 0.1) is 12.7 Å². The van der Waals surface area contributed by atoms with E-state index in [1.165, 1.54) is 12.1 Å². The van der Waals surface area contributed by atoms with E-state index in [2.05, 4.69) is 4.98 Å². The molecule has 126 valence electrons. The summed E-state index contributed by atoms with van der Waals surface area (Å²) in [5.74, 6) is 0.800. The Morgan fingerprint density at radius 2 is 1.72 bits per heavy atom. The number of halogens is 1. The Balaban J connectivity index is 1.71. The van der Waals surface area contributed by atoms with E-state index >= 15 is 0 Å². The molecule has 0 atom stereocenters. The molecule has 1 amide bonds. The number of amides is 1. The SMILES string of the molecule is Cc1ccc(N2Cc3nc(-c4ccc(F)cc4)c(N)n3CC2=O)cc1. The summed E-state index contributed by atoms with van der Waals surface area (Å²) >= 11 is 0. The minimum atomic E-state index is -0.313. The topological polar surface area (TPSA) is 64.2 Å². The highest BCUT2D eigenvalue weighted by Gasteiger charge is 2.28. The highest BCUT2D eigenvalue weighted by atomic mass is 19.1. The van der Waals surface area contributed by atoms with Crippen LogP contribution in [0.15, 0.2) is 48.5 Å². The normalized spacial score (nSPS) is 13.8. The summed E-state index contributed by atoms with van der Waals surface area (Å²) in [6.07, 6.45) is 0. The van der Waals surface area contributed by atoms with Gasteiger partial charge in [-0.2, -0.15) is 0 Å². The van der Waals surface area contributed by atoms with Crippen LogP contribution in [0.5, 0.6) is 0 Å². The molecule has 2 heterocycles. The zero-order valence-corrected chi connectivity index (χ0v) is 13.7. The highest BCUT2D eigenvalue weighted by Crippen LogP contribution is 2.30. The summed E-state index contributed by atoms with van der Waals surface area (Å²) in [7, 11) is 0. The number of imidazole rings is 1. The number of aryl methyl sites for hydroxylation is 1. The van der Waals surface area contributed by atoms with Crippen LogP contribution in [-0.2, 0) is 17.9 Å². The lowest BCUT2D eigenvalue weighted by atomic mass is 10.1. The van der Waals surface area contributed by atoms with Crippen molar-refractivity contribution in [2.75, 3.05) is 10.6 Å². The number of rotatable bonds is 2. The van der Waals surface area contributed by atoms with Crippen LogP contribution in [0.1, 0.15) is 11.4 Å². The lowest BCUT2D eigenvalue weighted by molar-refractivity contribution is -0.120. The molecule has 0 saturated heterocycles. The summed E-state index contributed by atoms with van der Waals surface area (Å²) in [4.78, 5) is 18.9. The first-order chi connectivity index (χ1) is 12.0. The van der Waals surface area contributed by atoms with Crippen molar-refractivity contribution in [1.82, 2.24) is 9.55 Å². The molecule has 0 bridgehead atoms. The minimum Gasteiger partial charge on any atom is -0.383 e. The summed E-state index contributed by atoms with van der Waals surface area (Å²) in [5.41, 5.74) is 9.48. The van der Waals surface area contributed by atoms with Crippen LogP contribution in [0.25, 0.3) is 11.3 Å². The molecule has 5 nitrogen and oxygen atoms in total. The Morgan fingerprint density at radius 1 is 1.04 bits per heavy atom. The second kappa shape index (κ2) is 5.73. The van der Waals surface area contributed by atoms with Gasteiger partial charge in [0.1, 0.15) is 29.7 Å². The zero-order chi connectivity index (χ0) is 17.6. The number of aromatic nitrogens is 2. The van der Waals surface area contributed by atoms with Crippen molar-refractivity contribution in [2.24, 2.45) is 0 Å². The van der Waals surface area contributed by atoms with Crippen LogP contribution >= 0.6 is 0 Å². The van der Waals surface area contributed by atoms with Crippen molar-refractivity contribution in [3.8, 4) is 11.3 Å². The number of carbonyl (C=O) groups excluding carboxylic acids is 1. The quantitative estimate of drug-likeness (QED) is 0.782. The van der Waals surface area contributed by atoms with Gasteiger partial charge >= 0.3 is 0 Å². The molecule has 3 aromatic rings. The van der Waals surface area contributed by atoms with Crippen molar-refractivity contribution >= 4 is 17.4 Å². The smallest absolute Gasteiger partial charge is 0.247 e. The van der Waals surface area contributed by atoms with E-state index in [9.17, 15) is 9.18 Å². The van der Waals surface area contributed by atoms with Crippen molar-refractivity contribution in [1.29, 1.82) is 0 Å². The fourth-order valence-electron chi connectivity index (χ4n) is 3.04. The molecular weight excluding hydrogens is 319 g/mol. The largest absolute Gasteiger partial charge is 0.383 e. The van der Waals surface area contributed by atoms with Gasteiger partial charge < -0.3 is 15.2 Å². The second-order valence-corrected chi connectivity index (χ2v) is 6.17. The predicted octanol–water partition coefficient (Wildman–Crippen LogP) is 3.13. The van der Waals surface area contributed by atoms with E-state index in [1.807, 2.05) is 31.2 Å². The summed E-state index contributed by atoms with van der Waals surface area (Å²) in [6, 6.07) is 13.8. The van der Waals surface area contributed by atoms with E-state index in [1.54, 1.807) is 21.6 Å². The molecule has 1 aromatic heterocycles. The van der Waals surface area contributed by atoms with E-state index in [0.29, 0.717) is 18.1 Å². The molecular formula is C19H17FN4O. The number of fused-ring (bicyclic) bond motifs is 1. The van der Waals surface area contributed by atoms with Gasteiger partial charge in [0.25, 0.3) is 0 Å². The molecule has 2 N–H and O–H groups in total. The lowest BCUT2D eigenvalue weighted by Crippen LogP contribution is -2.39. The Morgan fingerprint density at radius 3 is 2.40 bits per heavy atom. The van der Waals surface area contributed by atoms with Crippen LogP contribution in [0.4, 0.5) is 15.9 Å². The van der Waals surface area contributed by atoms with Gasteiger partial charge in [0.2, 0.25) is 5.91 Å². The van der Waals surface area contributed by atoms with Gasteiger partial charge in [-0.25, -0.2) is 9.37 Å². The first kappa shape index (κ1) is 15.4. The van der Waals surface area contributed by atoms with Gasteiger partial charge in [-0.3, -0.25) is 4.79 Å². The molecule has 1 aliphatic heterocycles. The molecule has 25 heavy (non-hydrogen) atoms. The fourth-order valence-corrected chi connectivity index (χ4v) is 3.04. The minimum absolute atomic E-state index is 0.0360. The second-order valence-electron chi connectivity index (χ2n) is 6.17. The Kier molecular flexibility index (Phi) is 3.53. The summed E-state index contributed by atoms with van der Waals surface area (Å²) < 4.78 is 14.9. The van der Waals surface area contributed by atoms with Crippen molar-refractivity contribution in [3.63, 3.8) is 0 Å². The number of nitrogens with zero attached hydrogens (tertiary/aromatic N) is 3. The number of anilines is 2. The molecule has 0 aliphatic carbocycles. The fraction of sp³-hybridized carbons (Fsp3) is 0.158. The first-order valence-corrected chi connectivity index (χ1v) is 8.01. The van der Waals surface area contributed by atoms with Crippen LogP contribution in [-0.4, -0.2) is 15.5 Å². The Labute approximate surface area is 144 Å². The predicted molar refractivity (Wildman–Crippen MR) is 94.4 cm³/mol.